The second-order valence-corrected chi connectivity index (χ2v) is 7.27. The van der Waals surface area contributed by atoms with Crippen molar-refractivity contribution in [3.8, 4) is 0 Å². The van der Waals surface area contributed by atoms with Crippen molar-refractivity contribution in [3.05, 3.63) is 69.6 Å². The van der Waals surface area contributed by atoms with Crippen LogP contribution in [-0.2, 0) is 6.42 Å². The zero-order valence-corrected chi connectivity index (χ0v) is 15.3. The molecule has 1 heterocycles. The molecule has 2 aromatic carbocycles. The van der Waals surface area contributed by atoms with Gasteiger partial charge in [0.15, 0.2) is 5.69 Å². The number of nitrogens with one attached hydrogen (secondary N) is 1. The number of imidazole rings is 1. The van der Waals surface area contributed by atoms with E-state index in [1.165, 1.54) is 0 Å². The number of aromatic nitrogens is 2. The number of anilines is 1. The molecule has 0 unspecified atom stereocenters. The number of nitrogens with zero attached hydrogens (tertiary/aromatic N) is 1. The Balaban J connectivity index is 1.76. The fraction of sp³-hybridized carbons (Fsp3) is 0.0588. The van der Waals surface area contributed by atoms with Crippen LogP contribution in [0.5, 0.6) is 0 Å². The smallest absolute Gasteiger partial charge is 0.271 e. The van der Waals surface area contributed by atoms with E-state index in [1.54, 1.807) is 11.8 Å². The number of hydrogen-bond acceptors (Lipinski definition) is 4. The number of nitrogen functional groups attached to an aromatic ring is 1. The molecule has 0 spiro atoms. The third kappa shape index (κ3) is 4.28. The molecule has 128 valence electrons. The van der Waals surface area contributed by atoms with E-state index < -0.39 is 5.91 Å². The number of primary amides is 1. The lowest BCUT2D eigenvalue weighted by Gasteiger charge is -2.07. The fourth-order valence-corrected chi connectivity index (χ4v) is 3.53. The number of amides is 1. The molecule has 5 N–H and O–H groups in total. The number of carbonyl (C=O) groups is 1. The Bertz CT molecular complexity index is 925. The number of H-pyrrole nitrogens is 1. The van der Waals surface area contributed by atoms with E-state index in [1.807, 2.05) is 42.5 Å². The summed E-state index contributed by atoms with van der Waals surface area (Å²) < 4.78 is 0. The average Bonchev–Trinajstić information content (AvgIpc) is 2.93. The van der Waals surface area contributed by atoms with Gasteiger partial charge in [0.2, 0.25) is 0 Å². The van der Waals surface area contributed by atoms with Crippen LogP contribution in [-0.4, -0.2) is 15.9 Å². The summed E-state index contributed by atoms with van der Waals surface area (Å²) in [6.07, 6.45) is 0.461. The van der Waals surface area contributed by atoms with Gasteiger partial charge >= 0.3 is 0 Å². The van der Waals surface area contributed by atoms with Crippen molar-refractivity contribution in [1.29, 1.82) is 0 Å². The summed E-state index contributed by atoms with van der Waals surface area (Å²) in [4.78, 5) is 20.2. The molecule has 0 aliphatic carbocycles. The molecule has 3 rings (SSSR count). The van der Waals surface area contributed by atoms with Crippen LogP contribution < -0.4 is 11.5 Å². The quantitative estimate of drug-likeness (QED) is 0.607. The number of rotatable bonds is 5. The zero-order chi connectivity index (χ0) is 18.0. The van der Waals surface area contributed by atoms with E-state index in [4.69, 9.17) is 34.7 Å². The van der Waals surface area contributed by atoms with Gasteiger partial charge in [0.05, 0.1) is 5.02 Å². The molecule has 8 heteroatoms. The Kier molecular flexibility index (Phi) is 5.22. The van der Waals surface area contributed by atoms with Crippen LogP contribution in [0.15, 0.2) is 52.3 Å². The van der Waals surface area contributed by atoms with E-state index in [-0.39, 0.29) is 11.5 Å². The number of halogens is 2. The van der Waals surface area contributed by atoms with Crippen LogP contribution in [0, 0.1) is 0 Å². The average molecular weight is 393 g/mol. The number of nitrogens with two attached hydrogens (primary N) is 2. The third-order valence-corrected chi connectivity index (χ3v) is 5.18. The van der Waals surface area contributed by atoms with Crippen molar-refractivity contribution in [2.75, 3.05) is 5.73 Å². The molecular weight excluding hydrogens is 379 g/mol. The van der Waals surface area contributed by atoms with Gasteiger partial charge in [0.25, 0.3) is 5.91 Å². The largest absolute Gasteiger partial charge is 0.383 e. The molecule has 0 atom stereocenters. The monoisotopic (exact) mass is 392 g/mol. The van der Waals surface area contributed by atoms with Crippen LogP contribution in [0.3, 0.4) is 0 Å². The summed E-state index contributed by atoms with van der Waals surface area (Å²) in [5, 5.41) is 1.32. The summed E-state index contributed by atoms with van der Waals surface area (Å²) in [5.74, 6) is 0.0664. The van der Waals surface area contributed by atoms with Gasteiger partial charge in [-0.3, -0.25) is 4.79 Å². The molecule has 5 nitrogen and oxygen atoms in total. The number of carbonyl (C=O) groups excluding carboxylic acids is 1. The van der Waals surface area contributed by atoms with Gasteiger partial charge in [0.1, 0.15) is 11.6 Å². The van der Waals surface area contributed by atoms with Crippen molar-refractivity contribution >= 4 is 46.7 Å². The lowest BCUT2D eigenvalue weighted by atomic mass is 10.1. The predicted molar refractivity (Wildman–Crippen MR) is 101 cm³/mol. The van der Waals surface area contributed by atoms with Crippen molar-refractivity contribution in [2.24, 2.45) is 5.73 Å². The molecule has 0 fully saturated rings. The second-order valence-electron chi connectivity index (χ2n) is 5.31. The van der Waals surface area contributed by atoms with Crippen LogP contribution in [0.25, 0.3) is 0 Å². The van der Waals surface area contributed by atoms with Gasteiger partial charge in [-0.1, -0.05) is 41.0 Å². The molecule has 0 bridgehead atoms. The van der Waals surface area contributed by atoms with Crippen molar-refractivity contribution in [1.82, 2.24) is 9.97 Å². The van der Waals surface area contributed by atoms with Gasteiger partial charge in [-0.25, -0.2) is 4.98 Å². The molecule has 0 saturated heterocycles. The Labute approximate surface area is 158 Å². The molecule has 0 saturated carbocycles. The maximum atomic E-state index is 11.2. The Morgan fingerprint density at radius 3 is 2.48 bits per heavy atom. The van der Waals surface area contributed by atoms with E-state index >= 15 is 0 Å². The van der Waals surface area contributed by atoms with E-state index in [9.17, 15) is 4.79 Å². The highest BCUT2D eigenvalue weighted by atomic mass is 35.5. The molecule has 0 radical (unpaired) electrons. The second kappa shape index (κ2) is 7.39. The molecule has 0 aliphatic heterocycles. The minimum Gasteiger partial charge on any atom is -0.383 e. The summed E-state index contributed by atoms with van der Waals surface area (Å²) in [6.45, 7) is 0. The van der Waals surface area contributed by atoms with Crippen molar-refractivity contribution in [3.63, 3.8) is 0 Å². The summed E-state index contributed by atoms with van der Waals surface area (Å²) in [5.41, 5.74) is 11.9. The lowest BCUT2D eigenvalue weighted by Crippen LogP contribution is -2.13. The third-order valence-electron chi connectivity index (χ3n) is 3.42. The minimum atomic E-state index is -0.659. The number of hydrogen-bond donors (Lipinski definition) is 3. The summed E-state index contributed by atoms with van der Waals surface area (Å²) in [6, 6.07) is 13.3. The zero-order valence-electron chi connectivity index (χ0n) is 12.9. The normalized spacial score (nSPS) is 10.8. The summed E-state index contributed by atoms with van der Waals surface area (Å²) >= 11 is 13.8. The van der Waals surface area contributed by atoms with Gasteiger partial charge in [-0.05, 0) is 42.0 Å². The highest BCUT2D eigenvalue weighted by Crippen LogP contribution is 2.34. The molecule has 0 aliphatic rings. The predicted octanol–water partition coefficient (Wildman–Crippen LogP) is 4.14. The van der Waals surface area contributed by atoms with Gasteiger partial charge < -0.3 is 16.5 Å². The minimum absolute atomic E-state index is 0.0519. The maximum Gasteiger partial charge on any atom is 0.271 e. The van der Waals surface area contributed by atoms with Crippen LogP contribution in [0.4, 0.5) is 5.82 Å². The first kappa shape index (κ1) is 17.7. The lowest BCUT2D eigenvalue weighted by molar-refractivity contribution is 0.0997. The van der Waals surface area contributed by atoms with Crippen LogP contribution in [0.2, 0.25) is 10.0 Å². The van der Waals surface area contributed by atoms with Crippen molar-refractivity contribution in [2.45, 2.75) is 16.2 Å². The first-order valence-corrected chi connectivity index (χ1v) is 8.85. The Hall–Kier alpha value is -2.15. The first-order chi connectivity index (χ1) is 11.9. The Morgan fingerprint density at radius 2 is 1.88 bits per heavy atom. The van der Waals surface area contributed by atoms with Crippen molar-refractivity contribution < 1.29 is 4.79 Å². The van der Waals surface area contributed by atoms with Gasteiger partial charge in [0, 0.05) is 21.2 Å². The fourth-order valence-electron chi connectivity index (χ4n) is 2.27. The SMILES string of the molecule is NC(=O)c1nc(Cc2ccc(Sc3ccc(Cl)cc3)c(Cl)c2)[nH]c1N. The van der Waals surface area contributed by atoms with E-state index in [0.717, 1.165) is 15.4 Å². The van der Waals surface area contributed by atoms with E-state index in [2.05, 4.69) is 9.97 Å². The topological polar surface area (TPSA) is 97.8 Å². The highest BCUT2D eigenvalue weighted by molar-refractivity contribution is 7.99. The van der Waals surface area contributed by atoms with Gasteiger partial charge in [-0.15, -0.1) is 0 Å². The molecule has 1 aromatic heterocycles. The summed E-state index contributed by atoms with van der Waals surface area (Å²) in [7, 11) is 0. The molecular formula is C17H14Cl2N4OS. The van der Waals surface area contributed by atoms with E-state index in [0.29, 0.717) is 22.3 Å². The molecule has 3 aromatic rings. The maximum absolute atomic E-state index is 11.2. The number of aromatic amines is 1. The highest BCUT2D eigenvalue weighted by Gasteiger charge is 2.13. The Morgan fingerprint density at radius 1 is 1.16 bits per heavy atom. The van der Waals surface area contributed by atoms with Gasteiger partial charge in [-0.2, -0.15) is 0 Å². The van der Waals surface area contributed by atoms with Crippen LogP contribution >= 0.6 is 35.0 Å². The molecule has 1 amide bonds. The number of benzene rings is 2. The standard InChI is InChI=1S/C17H14Cl2N4OS/c18-10-2-4-11(5-3-10)25-13-6-1-9(7-12(13)19)8-14-22-15(17(21)24)16(20)23-14/h1-7H,8,20H2,(H2,21,24)(H,22,23). The first-order valence-electron chi connectivity index (χ1n) is 7.28. The van der Waals surface area contributed by atoms with Crippen LogP contribution in [0.1, 0.15) is 21.9 Å². The molecule has 25 heavy (non-hydrogen) atoms.